The van der Waals surface area contributed by atoms with Crippen molar-refractivity contribution >= 4 is 15.7 Å². The molecule has 3 rings (SSSR count). The van der Waals surface area contributed by atoms with Gasteiger partial charge in [-0.2, -0.15) is 18.6 Å². The summed E-state index contributed by atoms with van der Waals surface area (Å²) in [5.74, 6) is -5.14. The number of alkyl halides is 2. The lowest BCUT2D eigenvalue weighted by molar-refractivity contribution is -0.0556. The van der Waals surface area contributed by atoms with Crippen LogP contribution in [0.5, 0.6) is 0 Å². The van der Waals surface area contributed by atoms with Gasteiger partial charge in [0, 0.05) is 23.8 Å². The Labute approximate surface area is 188 Å². The van der Waals surface area contributed by atoms with E-state index in [9.17, 15) is 26.8 Å². The second-order valence-corrected chi connectivity index (χ2v) is 9.56. The van der Waals surface area contributed by atoms with Gasteiger partial charge in [0.2, 0.25) is 0 Å². The van der Waals surface area contributed by atoms with Crippen molar-refractivity contribution in [1.29, 1.82) is 0 Å². The van der Waals surface area contributed by atoms with Gasteiger partial charge in [0.25, 0.3) is 17.4 Å². The second kappa shape index (κ2) is 8.83. The van der Waals surface area contributed by atoms with Crippen LogP contribution in [0.3, 0.4) is 0 Å². The van der Waals surface area contributed by atoms with E-state index in [0.29, 0.717) is 5.56 Å². The monoisotopic (exact) mass is 477 g/mol. The van der Waals surface area contributed by atoms with Gasteiger partial charge in [0.1, 0.15) is 6.61 Å². The average Bonchev–Trinajstić information content (AvgIpc) is 2.77. The number of carbonyl (C=O) groups excluding carboxylic acids is 1. The van der Waals surface area contributed by atoms with E-state index in [4.69, 9.17) is 10.8 Å². The van der Waals surface area contributed by atoms with E-state index < -0.39 is 45.3 Å². The first kappa shape index (κ1) is 24.2. The summed E-state index contributed by atoms with van der Waals surface area (Å²) < 4.78 is 52.4. The number of aliphatic hydroxyl groups is 1. The van der Waals surface area contributed by atoms with E-state index >= 15 is 0 Å². The van der Waals surface area contributed by atoms with Crippen LogP contribution in [0.2, 0.25) is 0 Å². The van der Waals surface area contributed by atoms with E-state index in [1.807, 2.05) is 0 Å². The Bertz CT molecular complexity index is 1390. The molecule has 0 radical (unpaired) electrons. The van der Waals surface area contributed by atoms with E-state index in [1.54, 1.807) is 6.92 Å². The first-order chi connectivity index (χ1) is 15.3. The molecule has 0 unspecified atom stereocenters. The summed E-state index contributed by atoms with van der Waals surface area (Å²) in [5, 5.41) is 13.0. The van der Waals surface area contributed by atoms with Crippen LogP contribution in [0.25, 0.3) is 5.69 Å². The minimum Gasteiger partial charge on any atom is -0.390 e. The van der Waals surface area contributed by atoms with Crippen molar-refractivity contribution in [2.75, 3.05) is 12.9 Å². The molecule has 0 saturated heterocycles. The van der Waals surface area contributed by atoms with Gasteiger partial charge in [-0.05, 0) is 35.4 Å². The highest BCUT2D eigenvalue weighted by molar-refractivity contribution is 7.90. The Kier molecular flexibility index (Phi) is 6.48. The summed E-state index contributed by atoms with van der Waals surface area (Å²) in [4.78, 5) is 24.9. The lowest BCUT2D eigenvalue weighted by atomic mass is 9.90. The van der Waals surface area contributed by atoms with Crippen molar-refractivity contribution in [3.8, 4) is 5.69 Å². The molecule has 0 aliphatic carbocycles. The van der Waals surface area contributed by atoms with Gasteiger partial charge >= 0.3 is 0 Å². The summed E-state index contributed by atoms with van der Waals surface area (Å²) in [6.45, 7) is 0.217. The molecule has 3 N–H and O–H groups in total. The number of primary amides is 1. The van der Waals surface area contributed by atoms with Crippen molar-refractivity contribution in [2.45, 2.75) is 23.7 Å². The van der Waals surface area contributed by atoms with Crippen molar-refractivity contribution in [1.82, 2.24) is 9.78 Å². The largest absolute Gasteiger partial charge is 0.390 e. The first-order valence-electron chi connectivity index (χ1n) is 9.69. The standard InChI is InChI=1S/C22H21F2N3O5S/c1-13(14-5-3-6-15(9-14)22(23,24)12-28)18-11-19(29)27(26-20(18)21(25)30)16-7-4-8-17(10-16)33(2,31)32/h3-11,13,28H,12H2,1-2H3,(H2,25,30)/t13-/m1/s1. The van der Waals surface area contributed by atoms with Crippen LogP contribution in [-0.2, 0) is 15.8 Å². The summed E-state index contributed by atoms with van der Waals surface area (Å²) in [6, 6.07) is 11.8. The van der Waals surface area contributed by atoms with Gasteiger partial charge in [0.15, 0.2) is 15.5 Å². The lowest BCUT2D eigenvalue weighted by Crippen LogP contribution is -2.28. The Morgan fingerprint density at radius 2 is 1.85 bits per heavy atom. The van der Waals surface area contributed by atoms with E-state index in [-0.39, 0.29) is 21.8 Å². The number of sulfone groups is 1. The zero-order chi connectivity index (χ0) is 24.6. The maximum absolute atomic E-state index is 13.9. The number of carbonyl (C=O) groups is 1. The smallest absolute Gasteiger partial charge is 0.295 e. The first-order valence-corrected chi connectivity index (χ1v) is 11.6. The van der Waals surface area contributed by atoms with Gasteiger partial charge in [0.05, 0.1) is 10.6 Å². The van der Waals surface area contributed by atoms with E-state index in [2.05, 4.69) is 5.10 Å². The second-order valence-electron chi connectivity index (χ2n) is 7.54. The maximum Gasteiger partial charge on any atom is 0.295 e. The molecule has 0 bridgehead atoms. The molecule has 11 heteroatoms. The fraction of sp³-hybridized carbons (Fsp3) is 0.227. The molecular formula is C22H21F2N3O5S. The molecule has 1 atom stereocenters. The Hall–Kier alpha value is -3.44. The van der Waals surface area contributed by atoms with Crippen molar-refractivity contribution in [3.63, 3.8) is 0 Å². The topological polar surface area (TPSA) is 132 Å². The molecule has 174 valence electrons. The molecule has 1 amide bonds. The number of aromatic nitrogens is 2. The highest BCUT2D eigenvalue weighted by Gasteiger charge is 2.31. The molecule has 1 aromatic heterocycles. The predicted molar refractivity (Wildman–Crippen MR) is 116 cm³/mol. The summed E-state index contributed by atoms with van der Waals surface area (Å²) >= 11 is 0. The highest BCUT2D eigenvalue weighted by atomic mass is 32.2. The number of hydrogen-bond donors (Lipinski definition) is 2. The van der Waals surface area contributed by atoms with Gasteiger partial charge in [-0.15, -0.1) is 0 Å². The summed E-state index contributed by atoms with van der Waals surface area (Å²) in [5.41, 5.74) is 4.68. The third-order valence-electron chi connectivity index (χ3n) is 5.16. The van der Waals surface area contributed by atoms with E-state index in [1.165, 1.54) is 42.5 Å². The lowest BCUT2D eigenvalue weighted by Gasteiger charge is -2.19. The molecule has 0 spiro atoms. The molecule has 2 aromatic carbocycles. The zero-order valence-corrected chi connectivity index (χ0v) is 18.5. The molecular weight excluding hydrogens is 456 g/mol. The molecule has 0 aliphatic heterocycles. The van der Waals surface area contributed by atoms with Crippen LogP contribution < -0.4 is 11.3 Å². The van der Waals surface area contributed by atoms with Gasteiger partial charge in [-0.3, -0.25) is 9.59 Å². The Morgan fingerprint density at radius 1 is 1.18 bits per heavy atom. The SMILES string of the molecule is C[C@H](c1cccc(C(F)(F)CO)c1)c1cc(=O)n(-c2cccc(S(C)(=O)=O)c2)nc1C(N)=O. The minimum atomic E-state index is -3.56. The number of benzene rings is 2. The number of hydrogen-bond acceptors (Lipinski definition) is 6. The number of nitrogens with two attached hydrogens (primary N) is 1. The van der Waals surface area contributed by atoms with Gasteiger partial charge in [-0.25, -0.2) is 8.42 Å². The van der Waals surface area contributed by atoms with Gasteiger partial charge in [-0.1, -0.05) is 31.2 Å². The highest BCUT2D eigenvalue weighted by Crippen LogP contribution is 2.32. The molecule has 8 nitrogen and oxygen atoms in total. The molecule has 33 heavy (non-hydrogen) atoms. The number of aliphatic hydroxyl groups excluding tert-OH is 1. The van der Waals surface area contributed by atoms with Crippen LogP contribution in [0.1, 0.15) is 40.0 Å². The third kappa shape index (κ3) is 4.99. The van der Waals surface area contributed by atoms with Crippen LogP contribution in [-0.4, -0.2) is 42.1 Å². The van der Waals surface area contributed by atoms with Crippen molar-refractivity contribution < 1.29 is 27.1 Å². The molecule has 1 heterocycles. The number of nitrogens with zero attached hydrogens (tertiary/aromatic N) is 2. The fourth-order valence-electron chi connectivity index (χ4n) is 3.33. The number of halogens is 2. The normalized spacial score (nSPS) is 13.0. The predicted octanol–water partition coefficient (Wildman–Crippen LogP) is 1.97. The molecule has 0 saturated carbocycles. The maximum atomic E-state index is 13.9. The van der Waals surface area contributed by atoms with Crippen LogP contribution in [0.4, 0.5) is 8.78 Å². The minimum absolute atomic E-state index is 0.0478. The third-order valence-corrected chi connectivity index (χ3v) is 6.27. The van der Waals surface area contributed by atoms with Crippen LogP contribution in [0, 0.1) is 0 Å². The van der Waals surface area contributed by atoms with Crippen LogP contribution >= 0.6 is 0 Å². The Balaban J connectivity index is 2.15. The quantitative estimate of drug-likeness (QED) is 0.535. The Morgan fingerprint density at radius 3 is 2.45 bits per heavy atom. The van der Waals surface area contributed by atoms with Gasteiger partial charge < -0.3 is 10.8 Å². The van der Waals surface area contributed by atoms with Crippen molar-refractivity contribution in [2.24, 2.45) is 5.73 Å². The molecule has 3 aromatic rings. The summed E-state index contributed by atoms with van der Waals surface area (Å²) in [7, 11) is -3.56. The average molecular weight is 477 g/mol. The summed E-state index contributed by atoms with van der Waals surface area (Å²) in [6.07, 6.45) is 1.01. The molecule has 0 fully saturated rings. The fourth-order valence-corrected chi connectivity index (χ4v) is 3.99. The van der Waals surface area contributed by atoms with Crippen molar-refractivity contribution in [3.05, 3.63) is 87.3 Å². The zero-order valence-electron chi connectivity index (χ0n) is 17.7. The number of amides is 1. The molecule has 0 aliphatic rings. The van der Waals surface area contributed by atoms with E-state index in [0.717, 1.165) is 23.1 Å². The number of rotatable bonds is 7. The van der Waals surface area contributed by atoms with Crippen LogP contribution in [0.15, 0.2) is 64.3 Å².